The SMILES string of the molecule is C#CCCCOc1ccc(F)cc1[N+](=O)[O-]. The number of unbranched alkanes of at least 4 members (excludes halogenated alkanes) is 1. The summed E-state index contributed by atoms with van der Waals surface area (Å²) in [5, 5.41) is 10.6. The van der Waals surface area contributed by atoms with E-state index < -0.39 is 10.7 Å². The summed E-state index contributed by atoms with van der Waals surface area (Å²) in [5.41, 5.74) is -0.374. The van der Waals surface area contributed by atoms with Gasteiger partial charge in [-0.25, -0.2) is 4.39 Å². The molecule has 16 heavy (non-hydrogen) atoms. The van der Waals surface area contributed by atoms with E-state index in [-0.39, 0.29) is 18.0 Å². The van der Waals surface area contributed by atoms with Crippen molar-refractivity contribution in [2.24, 2.45) is 0 Å². The van der Waals surface area contributed by atoms with Gasteiger partial charge in [0.1, 0.15) is 5.82 Å². The first-order valence-electron chi connectivity index (χ1n) is 4.65. The molecule has 0 heterocycles. The molecule has 0 saturated heterocycles. The summed E-state index contributed by atoms with van der Waals surface area (Å²) in [6.45, 7) is 0.274. The molecule has 1 aromatic carbocycles. The monoisotopic (exact) mass is 223 g/mol. The maximum atomic E-state index is 12.8. The highest BCUT2D eigenvalue weighted by Crippen LogP contribution is 2.27. The van der Waals surface area contributed by atoms with Gasteiger partial charge in [0, 0.05) is 6.42 Å². The Morgan fingerprint density at radius 1 is 1.56 bits per heavy atom. The molecule has 0 aromatic heterocycles. The van der Waals surface area contributed by atoms with Crippen molar-refractivity contribution in [3.8, 4) is 18.1 Å². The maximum Gasteiger partial charge on any atom is 0.313 e. The molecule has 84 valence electrons. The third kappa shape index (κ3) is 3.24. The molecule has 0 unspecified atom stereocenters. The molecular formula is C11H10FNO3. The summed E-state index contributed by atoms with van der Waals surface area (Å²) >= 11 is 0. The van der Waals surface area contributed by atoms with Crippen LogP contribution in [0.3, 0.4) is 0 Å². The molecule has 5 heteroatoms. The lowest BCUT2D eigenvalue weighted by Gasteiger charge is -2.05. The average molecular weight is 223 g/mol. The fraction of sp³-hybridized carbons (Fsp3) is 0.273. The molecule has 0 atom stereocenters. The van der Waals surface area contributed by atoms with E-state index in [2.05, 4.69) is 5.92 Å². The number of hydrogen-bond acceptors (Lipinski definition) is 3. The van der Waals surface area contributed by atoms with Crippen molar-refractivity contribution in [3.05, 3.63) is 34.1 Å². The summed E-state index contributed by atoms with van der Waals surface area (Å²) in [7, 11) is 0. The summed E-state index contributed by atoms with van der Waals surface area (Å²) in [5.74, 6) is 1.82. The van der Waals surface area contributed by atoms with E-state index in [1.807, 2.05) is 0 Å². The van der Waals surface area contributed by atoms with Crippen molar-refractivity contribution in [2.75, 3.05) is 6.61 Å². The lowest BCUT2D eigenvalue weighted by molar-refractivity contribution is -0.386. The smallest absolute Gasteiger partial charge is 0.313 e. The predicted molar refractivity (Wildman–Crippen MR) is 56.6 cm³/mol. The topological polar surface area (TPSA) is 52.4 Å². The van der Waals surface area contributed by atoms with Crippen LogP contribution in [0.1, 0.15) is 12.8 Å². The number of terminal acetylenes is 1. The van der Waals surface area contributed by atoms with Crippen molar-refractivity contribution in [3.63, 3.8) is 0 Å². The molecule has 0 spiro atoms. The van der Waals surface area contributed by atoms with Gasteiger partial charge in [0.2, 0.25) is 0 Å². The van der Waals surface area contributed by atoms with Gasteiger partial charge < -0.3 is 4.74 Å². The molecule has 0 aliphatic rings. The van der Waals surface area contributed by atoms with Crippen molar-refractivity contribution < 1.29 is 14.1 Å². The molecule has 0 amide bonds. The Labute approximate surface area is 92.2 Å². The van der Waals surface area contributed by atoms with Crippen molar-refractivity contribution in [2.45, 2.75) is 12.8 Å². The van der Waals surface area contributed by atoms with Gasteiger partial charge in [0.25, 0.3) is 0 Å². The normalized spacial score (nSPS) is 9.50. The molecule has 4 nitrogen and oxygen atoms in total. The number of nitro groups is 1. The Morgan fingerprint density at radius 2 is 2.31 bits per heavy atom. The van der Waals surface area contributed by atoms with Crippen LogP contribution < -0.4 is 4.74 Å². The zero-order valence-electron chi connectivity index (χ0n) is 8.48. The van der Waals surface area contributed by atoms with Gasteiger partial charge in [0.15, 0.2) is 5.75 Å². The van der Waals surface area contributed by atoms with E-state index >= 15 is 0 Å². The van der Waals surface area contributed by atoms with Crippen LogP contribution in [0.15, 0.2) is 18.2 Å². The van der Waals surface area contributed by atoms with E-state index in [4.69, 9.17) is 11.2 Å². The fourth-order valence-electron chi connectivity index (χ4n) is 1.11. The first-order chi connectivity index (χ1) is 7.65. The van der Waals surface area contributed by atoms with Gasteiger partial charge >= 0.3 is 5.69 Å². The summed E-state index contributed by atoms with van der Waals surface area (Å²) in [6, 6.07) is 3.18. The van der Waals surface area contributed by atoms with Crippen LogP contribution in [0.2, 0.25) is 0 Å². The van der Waals surface area contributed by atoms with Crippen LogP contribution >= 0.6 is 0 Å². The quantitative estimate of drug-likeness (QED) is 0.333. The van der Waals surface area contributed by atoms with Crippen molar-refractivity contribution >= 4 is 5.69 Å². The summed E-state index contributed by atoms with van der Waals surface area (Å²) < 4.78 is 17.9. The first-order valence-corrected chi connectivity index (χ1v) is 4.65. The van der Waals surface area contributed by atoms with Gasteiger partial charge in [-0.15, -0.1) is 12.3 Å². The van der Waals surface area contributed by atoms with E-state index in [0.717, 1.165) is 12.1 Å². The van der Waals surface area contributed by atoms with E-state index in [0.29, 0.717) is 12.8 Å². The first kappa shape index (κ1) is 12.0. The fourth-order valence-corrected chi connectivity index (χ4v) is 1.11. The maximum absolute atomic E-state index is 12.8. The minimum atomic E-state index is -0.681. The van der Waals surface area contributed by atoms with Crippen molar-refractivity contribution in [1.29, 1.82) is 0 Å². The zero-order chi connectivity index (χ0) is 12.0. The van der Waals surface area contributed by atoms with E-state index in [1.165, 1.54) is 6.07 Å². The van der Waals surface area contributed by atoms with E-state index in [9.17, 15) is 14.5 Å². The molecule has 0 N–H and O–H groups in total. The zero-order valence-corrected chi connectivity index (χ0v) is 8.48. The van der Waals surface area contributed by atoms with Gasteiger partial charge in [-0.1, -0.05) is 0 Å². The van der Waals surface area contributed by atoms with Gasteiger partial charge in [-0.05, 0) is 18.6 Å². The van der Waals surface area contributed by atoms with E-state index in [1.54, 1.807) is 0 Å². The Kier molecular flexibility index (Phi) is 4.28. The number of halogens is 1. The minimum absolute atomic E-state index is 0.0587. The van der Waals surface area contributed by atoms with Crippen LogP contribution in [0, 0.1) is 28.3 Å². The van der Waals surface area contributed by atoms with Crippen LogP contribution in [-0.4, -0.2) is 11.5 Å². The lowest BCUT2D eigenvalue weighted by atomic mass is 10.3. The minimum Gasteiger partial charge on any atom is -0.487 e. The third-order valence-corrected chi connectivity index (χ3v) is 1.84. The lowest BCUT2D eigenvalue weighted by Crippen LogP contribution is -2.00. The molecule has 0 bridgehead atoms. The highest BCUT2D eigenvalue weighted by atomic mass is 19.1. The second-order valence-corrected chi connectivity index (χ2v) is 3.03. The number of hydrogen-bond donors (Lipinski definition) is 0. The molecule has 1 rings (SSSR count). The van der Waals surface area contributed by atoms with Crippen LogP contribution in [0.25, 0.3) is 0 Å². The summed E-state index contributed by atoms with van der Waals surface area (Å²) in [6.07, 6.45) is 6.18. The number of nitro benzene ring substituents is 1. The standard InChI is InChI=1S/C11H10FNO3/c1-2-3-4-7-16-11-6-5-9(12)8-10(11)13(14)15/h1,5-6,8H,3-4,7H2. The molecule has 0 fully saturated rings. The molecule has 0 radical (unpaired) electrons. The number of nitrogens with zero attached hydrogens (tertiary/aromatic N) is 1. The van der Waals surface area contributed by atoms with Crippen LogP contribution in [-0.2, 0) is 0 Å². The number of ether oxygens (including phenoxy) is 1. The Hall–Kier alpha value is -2.09. The largest absolute Gasteiger partial charge is 0.487 e. The average Bonchev–Trinajstić information content (AvgIpc) is 2.26. The Morgan fingerprint density at radius 3 is 2.94 bits per heavy atom. The third-order valence-electron chi connectivity index (χ3n) is 1.84. The van der Waals surface area contributed by atoms with Gasteiger partial charge in [-0.2, -0.15) is 0 Å². The van der Waals surface area contributed by atoms with Crippen LogP contribution in [0.5, 0.6) is 5.75 Å². The number of rotatable bonds is 5. The van der Waals surface area contributed by atoms with Crippen molar-refractivity contribution in [1.82, 2.24) is 0 Å². The highest BCUT2D eigenvalue weighted by Gasteiger charge is 2.15. The Bertz CT molecular complexity index is 426. The second-order valence-electron chi connectivity index (χ2n) is 3.03. The molecule has 0 saturated carbocycles. The van der Waals surface area contributed by atoms with Crippen LogP contribution in [0.4, 0.5) is 10.1 Å². The highest BCUT2D eigenvalue weighted by molar-refractivity contribution is 5.46. The van der Waals surface area contributed by atoms with Gasteiger partial charge in [-0.3, -0.25) is 10.1 Å². The van der Waals surface area contributed by atoms with Gasteiger partial charge in [0.05, 0.1) is 17.6 Å². The summed E-state index contributed by atoms with van der Waals surface area (Å²) in [4.78, 5) is 9.91. The molecule has 1 aromatic rings. The Balaban J connectivity index is 2.72. The molecular weight excluding hydrogens is 213 g/mol. The number of benzene rings is 1. The molecule has 0 aliphatic heterocycles. The second kappa shape index (κ2) is 5.71. The predicted octanol–water partition coefficient (Wildman–Crippen LogP) is 2.53. The molecule has 0 aliphatic carbocycles.